The van der Waals surface area contributed by atoms with Crippen molar-refractivity contribution >= 4 is 22.4 Å². The quantitative estimate of drug-likeness (QED) is 0.878. The van der Waals surface area contributed by atoms with E-state index in [-0.39, 0.29) is 5.91 Å². The van der Waals surface area contributed by atoms with Gasteiger partial charge in [0.15, 0.2) is 5.13 Å². The Bertz CT molecular complexity index is 736. The van der Waals surface area contributed by atoms with Crippen LogP contribution in [-0.4, -0.2) is 24.0 Å². The molecule has 1 aliphatic heterocycles. The number of hydrogen-bond acceptors (Lipinski definition) is 4. The standard InChI is InChI=1S/C20H25N3OS/c24-19(12-14-5-6-15-3-1-2-4-17(15)11-14)23-20-22-13-18(25-20)16-7-9-21-10-8-16/h1-4,13-14,16,21H,5-12H2,(H,22,23,24). The Morgan fingerprint density at radius 2 is 2.00 bits per heavy atom. The highest BCUT2D eigenvalue weighted by Crippen LogP contribution is 2.32. The number of nitrogens with zero attached hydrogens (tertiary/aromatic N) is 1. The molecule has 2 aromatic rings. The van der Waals surface area contributed by atoms with Crippen LogP contribution in [0.3, 0.4) is 0 Å². The van der Waals surface area contributed by atoms with Crippen LogP contribution in [0.5, 0.6) is 0 Å². The molecule has 0 radical (unpaired) electrons. The highest BCUT2D eigenvalue weighted by Gasteiger charge is 2.22. The Labute approximate surface area is 153 Å². The van der Waals surface area contributed by atoms with E-state index in [9.17, 15) is 4.79 Å². The van der Waals surface area contributed by atoms with E-state index in [1.165, 1.54) is 16.0 Å². The molecule has 1 atom stereocenters. The van der Waals surface area contributed by atoms with Crippen molar-refractivity contribution in [2.75, 3.05) is 18.4 Å². The van der Waals surface area contributed by atoms with E-state index < -0.39 is 0 Å². The number of rotatable bonds is 4. The van der Waals surface area contributed by atoms with E-state index in [4.69, 9.17) is 0 Å². The number of aryl methyl sites for hydroxylation is 1. The first-order valence-electron chi connectivity index (χ1n) is 9.31. The van der Waals surface area contributed by atoms with Crippen molar-refractivity contribution in [3.63, 3.8) is 0 Å². The van der Waals surface area contributed by atoms with E-state index in [1.54, 1.807) is 11.3 Å². The molecule has 1 aliphatic carbocycles. The zero-order valence-electron chi connectivity index (χ0n) is 14.5. The molecule has 2 aliphatic rings. The zero-order chi connectivity index (χ0) is 17.1. The summed E-state index contributed by atoms with van der Waals surface area (Å²) in [4.78, 5) is 18.2. The smallest absolute Gasteiger partial charge is 0.226 e. The summed E-state index contributed by atoms with van der Waals surface area (Å²) in [6.45, 7) is 2.15. The van der Waals surface area contributed by atoms with Crippen LogP contribution in [0.1, 0.15) is 47.6 Å². The number of carbonyl (C=O) groups excluding carboxylic acids is 1. The molecule has 1 unspecified atom stereocenters. The van der Waals surface area contributed by atoms with E-state index >= 15 is 0 Å². The SMILES string of the molecule is O=C(CC1CCc2ccccc2C1)Nc1ncc(C2CCNCC2)s1. The molecular formula is C20H25N3OS. The van der Waals surface area contributed by atoms with Gasteiger partial charge in [-0.25, -0.2) is 4.98 Å². The van der Waals surface area contributed by atoms with Gasteiger partial charge in [-0.3, -0.25) is 4.79 Å². The topological polar surface area (TPSA) is 54.0 Å². The Morgan fingerprint density at radius 3 is 2.84 bits per heavy atom. The van der Waals surface area contributed by atoms with Gasteiger partial charge in [-0.1, -0.05) is 24.3 Å². The lowest BCUT2D eigenvalue weighted by atomic mass is 9.82. The van der Waals surface area contributed by atoms with Crippen LogP contribution in [0.15, 0.2) is 30.5 Å². The third kappa shape index (κ3) is 4.10. The van der Waals surface area contributed by atoms with E-state index in [1.807, 2.05) is 6.20 Å². The highest BCUT2D eigenvalue weighted by molar-refractivity contribution is 7.15. The van der Waals surface area contributed by atoms with Crippen LogP contribution >= 0.6 is 11.3 Å². The second kappa shape index (κ2) is 7.67. The molecule has 1 aromatic heterocycles. The highest BCUT2D eigenvalue weighted by atomic mass is 32.1. The second-order valence-electron chi connectivity index (χ2n) is 7.22. The third-order valence-corrected chi connectivity index (χ3v) is 6.51. The largest absolute Gasteiger partial charge is 0.317 e. The summed E-state index contributed by atoms with van der Waals surface area (Å²) >= 11 is 1.65. The van der Waals surface area contributed by atoms with Crippen molar-refractivity contribution in [1.29, 1.82) is 0 Å². The molecule has 0 saturated carbocycles. The summed E-state index contributed by atoms with van der Waals surface area (Å²) in [6, 6.07) is 8.61. The normalized spacial score (nSPS) is 20.9. The first kappa shape index (κ1) is 16.7. The van der Waals surface area contributed by atoms with Gasteiger partial charge in [0.1, 0.15) is 0 Å². The van der Waals surface area contributed by atoms with E-state index in [2.05, 4.69) is 39.9 Å². The monoisotopic (exact) mass is 355 g/mol. The number of anilines is 1. The van der Waals surface area contributed by atoms with Crippen LogP contribution in [-0.2, 0) is 17.6 Å². The van der Waals surface area contributed by atoms with Crippen LogP contribution < -0.4 is 10.6 Å². The summed E-state index contributed by atoms with van der Waals surface area (Å²) < 4.78 is 0. The molecule has 1 saturated heterocycles. The van der Waals surface area contributed by atoms with E-state index in [0.717, 1.165) is 50.3 Å². The zero-order valence-corrected chi connectivity index (χ0v) is 15.3. The number of nitrogens with one attached hydrogen (secondary N) is 2. The minimum Gasteiger partial charge on any atom is -0.317 e. The van der Waals surface area contributed by atoms with Crippen LogP contribution in [0.4, 0.5) is 5.13 Å². The minimum absolute atomic E-state index is 0.107. The number of benzene rings is 1. The van der Waals surface area contributed by atoms with Crippen molar-refractivity contribution in [2.45, 2.75) is 44.4 Å². The number of thiazole rings is 1. The summed E-state index contributed by atoms with van der Waals surface area (Å²) in [5.41, 5.74) is 2.86. The number of piperidine rings is 1. The molecule has 2 N–H and O–H groups in total. The van der Waals surface area contributed by atoms with Crippen molar-refractivity contribution in [2.24, 2.45) is 5.92 Å². The predicted octanol–water partition coefficient (Wildman–Crippen LogP) is 3.74. The second-order valence-corrected chi connectivity index (χ2v) is 8.28. The van der Waals surface area contributed by atoms with Gasteiger partial charge in [0.05, 0.1) is 0 Å². The molecule has 0 spiro atoms. The number of amides is 1. The lowest BCUT2D eigenvalue weighted by Crippen LogP contribution is -2.26. The minimum atomic E-state index is 0.107. The molecule has 1 amide bonds. The average molecular weight is 356 g/mol. The van der Waals surface area contributed by atoms with Gasteiger partial charge in [0.2, 0.25) is 5.91 Å². The maximum absolute atomic E-state index is 12.4. The maximum Gasteiger partial charge on any atom is 0.226 e. The number of hydrogen-bond donors (Lipinski definition) is 2. The predicted molar refractivity (Wildman–Crippen MR) is 102 cm³/mol. The molecule has 1 aromatic carbocycles. The summed E-state index contributed by atoms with van der Waals surface area (Å²) in [5.74, 6) is 1.15. The van der Waals surface area contributed by atoms with Crippen molar-refractivity contribution in [3.05, 3.63) is 46.5 Å². The Kier molecular flexibility index (Phi) is 5.13. The van der Waals surface area contributed by atoms with Gasteiger partial charge >= 0.3 is 0 Å². The molecule has 4 nitrogen and oxygen atoms in total. The summed E-state index contributed by atoms with van der Waals surface area (Å²) in [5, 5.41) is 7.18. The van der Waals surface area contributed by atoms with Crippen LogP contribution in [0.2, 0.25) is 0 Å². The Hall–Kier alpha value is -1.72. The molecular weight excluding hydrogens is 330 g/mol. The molecule has 132 valence electrons. The van der Waals surface area contributed by atoms with Crippen molar-refractivity contribution in [3.8, 4) is 0 Å². The van der Waals surface area contributed by atoms with Gasteiger partial charge in [-0.2, -0.15) is 0 Å². The fourth-order valence-electron chi connectivity index (χ4n) is 4.02. The van der Waals surface area contributed by atoms with E-state index in [0.29, 0.717) is 18.3 Å². The number of fused-ring (bicyclic) bond motifs is 1. The third-order valence-electron chi connectivity index (χ3n) is 5.43. The lowest BCUT2D eigenvalue weighted by Gasteiger charge is -2.23. The van der Waals surface area contributed by atoms with Crippen molar-refractivity contribution in [1.82, 2.24) is 10.3 Å². The molecule has 0 bridgehead atoms. The number of aromatic nitrogens is 1. The average Bonchev–Trinajstić information content (AvgIpc) is 3.10. The molecule has 2 heterocycles. The lowest BCUT2D eigenvalue weighted by molar-refractivity contribution is -0.117. The summed E-state index contributed by atoms with van der Waals surface area (Å²) in [6.07, 6.45) is 8.08. The van der Waals surface area contributed by atoms with Crippen LogP contribution in [0, 0.1) is 5.92 Å². The van der Waals surface area contributed by atoms with Gasteiger partial charge in [-0.05, 0) is 68.2 Å². The first-order chi connectivity index (χ1) is 12.3. The first-order valence-corrected chi connectivity index (χ1v) is 10.1. The summed E-state index contributed by atoms with van der Waals surface area (Å²) in [7, 11) is 0. The van der Waals surface area contributed by atoms with Gasteiger partial charge in [0.25, 0.3) is 0 Å². The van der Waals surface area contributed by atoms with Gasteiger partial charge in [-0.15, -0.1) is 11.3 Å². The Balaban J connectivity index is 1.31. The fraction of sp³-hybridized carbons (Fsp3) is 0.500. The molecule has 1 fully saturated rings. The fourth-order valence-corrected chi connectivity index (χ4v) is 5.02. The van der Waals surface area contributed by atoms with Gasteiger partial charge in [0, 0.05) is 17.5 Å². The Morgan fingerprint density at radius 1 is 1.20 bits per heavy atom. The molecule has 5 heteroatoms. The van der Waals surface area contributed by atoms with Gasteiger partial charge < -0.3 is 10.6 Å². The maximum atomic E-state index is 12.4. The van der Waals surface area contributed by atoms with Crippen LogP contribution in [0.25, 0.3) is 0 Å². The van der Waals surface area contributed by atoms with Crippen molar-refractivity contribution < 1.29 is 4.79 Å². The molecule has 25 heavy (non-hydrogen) atoms. The molecule has 4 rings (SSSR count). The number of carbonyl (C=O) groups is 1.